The molecule has 0 heterocycles. The molecule has 0 radical (unpaired) electrons. The number of hydrogen-bond acceptors (Lipinski definition) is 3. The highest BCUT2D eigenvalue weighted by molar-refractivity contribution is 7.88. The number of para-hydroxylation sites is 1. The maximum Gasteiger partial charge on any atom is 0.460 e. The van der Waals surface area contributed by atoms with Crippen molar-refractivity contribution in [1.29, 1.82) is 0 Å². The van der Waals surface area contributed by atoms with Gasteiger partial charge in [0.2, 0.25) is 0 Å². The molecular weight excluding hydrogens is 635 g/mol. The normalized spacial score (nSPS) is 15.9. The van der Waals surface area contributed by atoms with Gasteiger partial charge >= 0.3 is 57.1 Å². The molecule has 0 saturated heterocycles. The molecule has 0 fully saturated rings. The minimum atomic E-state index is -8.89. The molecular formula is C17H13F17O3SSi. The summed E-state index contributed by atoms with van der Waals surface area (Å²) in [6.07, 6.45) is -7.89. The van der Waals surface area contributed by atoms with Crippen molar-refractivity contribution in [3.05, 3.63) is 24.3 Å². The minimum absolute atomic E-state index is 0.301. The summed E-state index contributed by atoms with van der Waals surface area (Å²) in [5.74, 6) is -53.2. The summed E-state index contributed by atoms with van der Waals surface area (Å²) in [5, 5.41) is -8.03. The number of rotatable bonds is 10. The van der Waals surface area contributed by atoms with E-state index in [9.17, 15) is 83.1 Å². The van der Waals surface area contributed by atoms with Gasteiger partial charge in [0.25, 0.3) is 0 Å². The Balaban J connectivity index is 3.76. The summed E-state index contributed by atoms with van der Waals surface area (Å²) in [6, 6.07) is 3.39. The van der Waals surface area contributed by atoms with E-state index in [2.05, 4.69) is 4.18 Å². The quantitative estimate of drug-likeness (QED) is 0.158. The first-order valence-electron chi connectivity index (χ1n) is 9.45. The summed E-state index contributed by atoms with van der Waals surface area (Å²) in [6.45, 7) is 4.09. The van der Waals surface area contributed by atoms with Crippen LogP contribution in [-0.4, -0.2) is 63.5 Å². The third kappa shape index (κ3) is 4.92. The molecule has 22 heteroatoms. The SMILES string of the molecule is C[Si](C)(C)c1ccccc1OS(=O)(=O)C(F)(F)C(F)(F)C(F)(F)C(F)(F)C(F)(F)C(F)(F)C(F)(F)C(F)(F)F. The van der Waals surface area contributed by atoms with Crippen molar-refractivity contribution in [3.8, 4) is 5.75 Å². The van der Waals surface area contributed by atoms with E-state index in [-0.39, 0.29) is 5.19 Å². The second kappa shape index (κ2) is 9.26. The molecule has 0 bridgehead atoms. The number of benzene rings is 1. The van der Waals surface area contributed by atoms with Gasteiger partial charge in [0, 0.05) is 0 Å². The zero-order chi connectivity index (χ0) is 31.7. The molecule has 0 aliphatic carbocycles. The van der Waals surface area contributed by atoms with Crippen molar-refractivity contribution < 1.29 is 87.2 Å². The van der Waals surface area contributed by atoms with Gasteiger partial charge in [-0.15, -0.1) is 0 Å². The molecule has 0 atom stereocenters. The largest absolute Gasteiger partial charge is 0.460 e. The molecule has 0 N–H and O–H groups in total. The predicted octanol–water partition coefficient (Wildman–Crippen LogP) is 6.91. The first-order valence-corrected chi connectivity index (χ1v) is 14.4. The smallest absolute Gasteiger partial charge is 0.378 e. The molecule has 39 heavy (non-hydrogen) atoms. The van der Waals surface area contributed by atoms with Crippen molar-refractivity contribution in [3.63, 3.8) is 0 Å². The lowest BCUT2D eigenvalue weighted by molar-refractivity contribution is -0.458. The lowest BCUT2D eigenvalue weighted by Crippen LogP contribution is -2.75. The van der Waals surface area contributed by atoms with Crippen molar-refractivity contribution >= 4 is 23.4 Å². The molecule has 0 aromatic heterocycles. The summed E-state index contributed by atoms with van der Waals surface area (Å²) < 4.78 is 255. The molecule has 0 aliphatic heterocycles. The van der Waals surface area contributed by atoms with Gasteiger partial charge in [0.05, 0.1) is 8.07 Å². The maximum atomic E-state index is 14.2. The Morgan fingerprint density at radius 3 is 1.26 bits per heavy atom. The van der Waals surface area contributed by atoms with Gasteiger partial charge in [-0.05, 0) is 11.3 Å². The van der Waals surface area contributed by atoms with Gasteiger partial charge in [0.1, 0.15) is 5.75 Å². The van der Waals surface area contributed by atoms with Crippen LogP contribution in [0.3, 0.4) is 0 Å². The van der Waals surface area contributed by atoms with Gasteiger partial charge in [-0.1, -0.05) is 37.8 Å². The van der Waals surface area contributed by atoms with E-state index in [0.717, 1.165) is 18.2 Å². The second-order valence-corrected chi connectivity index (χ2v) is 15.4. The van der Waals surface area contributed by atoms with Crippen LogP contribution in [0.15, 0.2) is 24.3 Å². The predicted molar refractivity (Wildman–Crippen MR) is 99.7 cm³/mol. The lowest BCUT2D eigenvalue weighted by Gasteiger charge is -2.42. The molecule has 0 aliphatic rings. The zero-order valence-corrected chi connectivity index (χ0v) is 20.7. The second-order valence-electron chi connectivity index (χ2n) is 8.74. The topological polar surface area (TPSA) is 43.4 Å². The number of alkyl halides is 17. The lowest BCUT2D eigenvalue weighted by atomic mass is 9.91. The van der Waals surface area contributed by atoms with Crippen LogP contribution < -0.4 is 9.37 Å². The van der Waals surface area contributed by atoms with Crippen LogP contribution in [0.25, 0.3) is 0 Å². The highest BCUT2D eigenvalue weighted by Crippen LogP contribution is 2.64. The van der Waals surface area contributed by atoms with Gasteiger partial charge in [0.15, 0.2) is 0 Å². The molecule has 0 saturated carbocycles. The third-order valence-corrected chi connectivity index (χ3v) is 8.21. The Labute approximate surface area is 208 Å². The van der Waals surface area contributed by atoms with Crippen molar-refractivity contribution in [2.24, 2.45) is 0 Å². The van der Waals surface area contributed by atoms with Crippen LogP contribution in [0.1, 0.15) is 0 Å². The molecule has 1 aromatic carbocycles. The molecule has 1 aromatic rings. The highest BCUT2D eigenvalue weighted by atomic mass is 32.2. The van der Waals surface area contributed by atoms with Crippen LogP contribution in [-0.2, 0) is 10.1 Å². The van der Waals surface area contributed by atoms with E-state index >= 15 is 0 Å². The Kier molecular flexibility index (Phi) is 8.32. The minimum Gasteiger partial charge on any atom is -0.378 e. The van der Waals surface area contributed by atoms with Gasteiger partial charge < -0.3 is 4.18 Å². The molecule has 3 nitrogen and oxygen atoms in total. The van der Waals surface area contributed by atoms with Crippen molar-refractivity contribution in [2.75, 3.05) is 0 Å². The molecule has 0 spiro atoms. The molecule has 228 valence electrons. The monoisotopic (exact) mass is 648 g/mol. The van der Waals surface area contributed by atoms with E-state index in [1.165, 1.54) is 19.6 Å². The van der Waals surface area contributed by atoms with E-state index in [1.807, 2.05) is 0 Å². The van der Waals surface area contributed by atoms with Crippen molar-refractivity contribution in [2.45, 2.75) is 66.6 Å². The maximum absolute atomic E-state index is 14.2. The van der Waals surface area contributed by atoms with E-state index < -0.39 is 70.9 Å². The molecule has 0 amide bonds. The Hall–Kier alpha value is -2.00. The van der Waals surface area contributed by atoms with Crippen LogP contribution in [0.4, 0.5) is 74.6 Å². The summed E-state index contributed by atoms with van der Waals surface area (Å²) >= 11 is 0. The van der Waals surface area contributed by atoms with Crippen LogP contribution in [0.2, 0.25) is 19.6 Å². The van der Waals surface area contributed by atoms with E-state index in [1.54, 1.807) is 0 Å². The van der Waals surface area contributed by atoms with E-state index in [0.29, 0.717) is 6.07 Å². The van der Waals surface area contributed by atoms with Crippen LogP contribution >= 0.6 is 0 Å². The fourth-order valence-electron chi connectivity index (χ4n) is 2.64. The van der Waals surface area contributed by atoms with Crippen LogP contribution in [0, 0.1) is 0 Å². The summed E-state index contributed by atoms with van der Waals surface area (Å²) in [7, 11) is -10.5. The van der Waals surface area contributed by atoms with Crippen LogP contribution in [0.5, 0.6) is 5.75 Å². The van der Waals surface area contributed by atoms with Gasteiger partial charge in [-0.3, -0.25) is 0 Å². The third-order valence-electron chi connectivity index (χ3n) is 4.90. The molecule has 1 rings (SSSR count). The first kappa shape index (κ1) is 35.0. The first-order chi connectivity index (χ1) is 16.7. The highest BCUT2D eigenvalue weighted by Gasteiger charge is 2.96. The summed E-state index contributed by atoms with van der Waals surface area (Å²) in [4.78, 5) is 0. The Morgan fingerprint density at radius 1 is 0.564 bits per heavy atom. The van der Waals surface area contributed by atoms with Crippen molar-refractivity contribution in [1.82, 2.24) is 0 Å². The zero-order valence-electron chi connectivity index (χ0n) is 18.9. The average Bonchev–Trinajstić information content (AvgIpc) is 2.71. The fourth-order valence-corrected chi connectivity index (χ4v) is 5.11. The van der Waals surface area contributed by atoms with Gasteiger partial charge in [-0.2, -0.15) is 83.1 Å². The van der Waals surface area contributed by atoms with Gasteiger partial charge in [-0.25, -0.2) is 0 Å². The Bertz CT molecular complexity index is 1170. The summed E-state index contributed by atoms with van der Waals surface area (Å²) in [5.41, 5.74) is 0. The number of halogens is 17. The average molecular weight is 648 g/mol. The Morgan fingerprint density at radius 2 is 0.897 bits per heavy atom. The standard InChI is InChI=1S/C17H13F17O3SSi/c1-39(2,3)9-7-5-4-6-8(9)37-38(35,36)17(33,34)15(28,29)13(24,25)11(20,21)10(18,19)12(22,23)14(26,27)16(30,31)32/h4-7H,1-3H3. The fraction of sp³-hybridized carbons (Fsp3) is 0.647. The number of hydrogen-bond donors (Lipinski definition) is 0. The molecule has 0 unspecified atom stereocenters. The van der Waals surface area contributed by atoms with E-state index in [4.69, 9.17) is 0 Å².